The highest BCUT2D eigenvalue weighted by Crippen LogP contribution is 2.23. The lowest BCUT2D eigenvalue weighted by Gasteiger charge is -2.04. The zero-order chi connectivity index (χ0) is 13.9. The maximum atomic E-state index is 12.1. The molecule has 0 bridgehead atoms. The van der Waals surface area contributed by atoms with E-state index < -0.39 is 0 Å². The minimum Gasteiger partial charge on any atom is -0.337 e. The first-order valence-corrected chi connectivity index (χ1v) is 7.16. The van der Waals surface area contributed by atoms with E-state index in [1.165, 1.54) is 0 Å². The minimum atomic E-state index is -0.384. The van der Waals surface area contributed by atoms with Gasteiger partial charge < -0.3 is 15.2 Å². The van der Waals surface area contributed by atoms with Crippen molar-refractivity contribution >= 4 is 27.5 Å². The third-order valence-electron chi connectivity index (χ3n) is 3.13. The van der Waals surface area contributed by atoms with Crippen molar-refractivity contribution in [2.75, 3.05) is 11.9 Å². The van der Waals surface area contributed by atoms with Crippen LogP contribution in [0.4, 0.5) is 5.69 Å². The number of hydrogen-bond acceptors (Lipinski definition) is 5. The number of para-hydroxylation sites is 1. The van der Waals surface area contributed by atoms with E-state index in [9.17, 15) is 4.79 Å². The Morgan fingerprint density at radius 3 is 3.05 bits per heavy atom. The third-order valence-corrected chi connectivity index (χ3v) is 3.82. The molecule has 1 aromatic carbocycles. The van der Waals surface area contributed by atoms with E-state index in [1.54, 1.807) is 6.07 Å². The predicted molar refractivity (Wildman–Crippen MR) is 76.4 cm³/mol. The van der Waals surface area contributed by atoms with Crippen LogP contribution in [0.3, 0.4) is 0 Å². The van der Waals surface area contributed by atoms with Crippen molar-refractivity contribution in [3.8, 4) is 0 Å². The molecule has 7 heteroatoms. The molecule has 6 nitrogen and oxygen atoms in total. The van der Waals surface area contributed by atoms with Crippen LogP contribution in [0.15, 0.2) is 33.3 Å². The number of benzene rings is 1. The van der Waals surface area contributed by atoms with Gasteiger partial charge in [-0.25, -0.2) is 0 Å². The summed E-state index contributed by atoms with van der Waals surface area (Å²) in [5.41, 5.74) is 0.669. The van der Waals surface area contributed by atoms with Crippen LogP contribution >= 0.6 is 15.9 Å². The van der Waals surface area contributed by atoms with E-state index in [0.29, 0.717) is 11.6 Å². The summed E-state index contributed by atoms with van der Waals surface area (Å²) < 4.78 is 5.94. The second kappa shape index (κ2) is 5.72. The van der Waals surface area contributed by atoms with Gasteiger partial charge in [-0.15, -0.1) is 0 Å². The summed E-state index contributed by atoms with van der Waals surface area (Å²) in [4.78, 5) is 16.2. The molecule has 0 radical (unpaired) electrons. The monoisotopic (exact) mass is 336 g/mol. The first kappa shape index (κ1) is 13.3. The molecule has 0 spiro atoms. The second-order valence-electron chi connectivity index (χ2n) is 4.54. The first-order valence-electron chi connectivity index (χ1n) is 6.37. The van der Waals surface area contributed by atoms with Crippen LogP contribution in [0.5, 0.6) is 0 Å². The molecule has 1 fully saturated rings. The number of nitrogens with zero attached hydrogens (tertiary/aromatic N) is 2. The zero-order valence-corrected chi connectivity index (χ0v) is 12.2. The molecule has 1 atom stereocenters. The average molecular weight is 337 g/mol. The van der Waals surface area contributed by atoms with E-state index in [4.69, 9.17) is 4.52 Å². The van der Waals surface area contributed by atoms with Crippen molar-refractivity contribution in [2.45, 2.75) is 18.9 Å². The molecular formula is C13H13BrN4O2. The lowest BCUT2D eigenvalue weighted by molar-refractivity contribution is 0.101. The lowest BCUT2D eigenvalue weighted by Crippen LogP contribution is -2.16. The average Bonchev–Trinajstić information content (AvgIpc) is 3.11. The number of aromatic nitrogens is 2. The quantitative estimate of drug-likeness (QED) is 0.900. The van der Waals surface area contributed by atoms with Crippen molar-refractivity contribution in [1.82, 2.24) is 15.5 Å². The van der Waals surface area contributed by atoms with Crippen LogP contribution in [0.2, 0.25) is 0 Å². The van der Waals surface area contributed by atoms with Crippen LogP contribution in [0.25, 0.3) is 0 Å². The molecular weight excluding hydrogens is 324 g/mol. The molecule has 0 aliphatic carbocycles. The smallest absolute Gasteiger partial charge is 0.297 e. The normalized spacial score (nSPS) is 18.1. The van der Waals surface area contributed by atoms with Gasteiger partial charge in [-0.05, 0) is 47.4 Å². The van der Waals surface area contributed by atoms with Crippen LogP contribution in [-0.4, -0.2) is 22.6 Å². The van der Waals surface area contributed by atoms with Gasteiger partial charge in [-0.2, -0.15) is 4.98 Å². The highest BCUT2D eigenvalue weighted by molar-refractivity contribution is 9.10. The second-order valence-corrected chi connectivity index (χ2v) is 5.39. The largest absolute Gasteiger partial charge is 0.337 e. The lowest BCUT2D eigenvalue weighted by atomic mass is 10.2. The number of carbonyl (C=O) groups is 1. The van der Waals surface area contributed by atoms with Crippen molar-refractivity contribution in [3.05, 3.63) is 40.5 Å². The number of anilines is 1. The molecule has 1 saturated heterocycles. The summed E-state index contributed by atoms with van der Waals surface area (Å²) in [6, 6.07) is 7.41. The Morgan fingerprint density at radius 2 is 2.30 bits per heavy atom. The highest BCUT2D eigenvalue weighted by atomic mass is 79.9. The van der Waals surface area contributed by atoms with Gasteiger partial charge in [0.05, 0.1) is 11.7 Å². The van der Waals surface area contributed by atoms with E-state index in [2.05, 4.69) is 36.7 Å². The fourth-order valence-corrected chi connectivity index (χ4v) is 2.49. The number of rotatable bonds is 3. The summed E-state index contributed by atoms with van der Waals surface area (Å²) in [5.74, 6) is 0.133. The zero-order valence-electron chi connectivity index (χ0n) is 10.6. The molecule has 1 aliphatic rings. The van der Waals surface area contributed by atoms with Crippen molar-refractivity contribution in [3.63, 3.8) is 0 Å². The van der Waals surface area contributed by atoms with Gasteiger partial charge in [0.15, 0.2) is 0 Å². The Labute approximate surface area is 124 Å². The molecule has 0 saturated carbocycles. The fourth-order valence-electron chi connectivity index (χ4n) is 2.11. The number of hydrogen-bond donors (Lipinski definition) is 2. The molecule has 1 amide bonds. The van der Waals surface area contributed by atoms with E-state index in [-0.39, 0.29) is 17.8 Å². The molecule has 3 rings (SSSR count). The topological polar surface area (TPSA) is 80.0 Å². The SMILES string of the molecule is O=C(Nc1ccccc1Br)c1noc(C2CCCN2)n1. The third kappa shape index (κ3) is 2.73. The van der Waals surface area contributed by atoms with Crippen LogP contribution < -0.4 is 10.6 Å². The Morgan fingerprint density at radius 1 is 1.45 bits per heavy atom. The van der Waals surface area contributed by atoms with E-state index in [1.807, 2.05) is 18.2 Å². The standard InChI is InChI=1S/C13H13BrN4O2/c14-8-4-1-2-5-9(8)16-12(19)11-17-13(20-18-11)10-6-3-7-15-10/h1-2,4-5,10,15H,3,6-7H2,(H,16,19). The summed E-state index contributed by atoms with van der Waals surface area (Å²) in [6.07, 6.45) is 2.03. The minimum absolute atomic E-state index is 0.0458. The Bertz CT molecular complexity index is 622. The Balaban J connectivity index is 1.73. The number of carbonyl (C=O) groups excluding carboxylic acids is 1. The van der Waals surface area contributed by atoms with Gasteiger partial charge >= 0.3 is 0 Å². The van der Waals surface area contributed by atoms with Crippen LogP contribution in [0, 0.1) is 0 Å². The summed E-state index contributed by atoms with van der Waals surface area (Å²) in [5, 5.41) is 9.72. The Kier molecular flexibility index (Phi) is 3.79. The van der Waals surface area contributed by atoms with E-state index >= 15 is 0 Å². The summed E-state index contributed by atoms with van der Waals surface area (Å²) in [6.45, 7) is 0.936. The van der Waals surface area contributed by atoms with Gasteiger partial charge in [-0.3, -0.25) is 4.79 Å². The molecule has 2 N–H and O–H groups in total. The molecule has 1 aliphatic heterocycles. The van der Waals surface area contributed by atoms with Gasteiger partial charge in [0.2, 0.25) is 5.89 Å². The van der Waals surface area contributed by atoms with Crippen molar-refractivity contribution < 1.29 is 9.32 Å². The summed E-state index contributed by atoms with van der Waals surface area (Å²) in [7, 11) is 0. The number of nitrogens with one attached hydrogen (secondary N) is 2. The predicted octanol–water partition coefficient (Wildman–Crippen LogP) is 2.51. The van der Waals surface area contributed by atoms with Crippen molar-refractivity contribution in [2.24, 2.45) is 0 Å². The van der Waals surface area contributed by atoms with Crippen LogP contribution in [0.1, 0.15) is 35.4 Å². The number of amides is 1. The molecule has 20 heavy (non-hydrogen) atoms. The first-order chi connectivity index (χ1) is 9.74. The van der Waals surface area contributed by atoms with Gasteiger partial charge in [0.25, 0.3) is 11.7 Å². The van der Waals surface area contributed by atoms with Crippen LogP contribution in [-0.2, 0) is 0 Å². The van der Waals surface area contributed by atoms with Gasteiger partial charge in [-0.1, -0.05) is 17.3 Å². The highest BCUT2D eigenvalue weighted by Gasteiger charge is 2.24. The molecule has 104 valence electrons. The maximum absolute atomic E-state index is 12.1. The number of halogens is 1. The fraction of sp³-hybridized carbons (Fsp3) is 0.308. The van der Waals surface area contributed by atoms with E-state index in [0.717, 1.165) is 23.9 Å². The molecule has 2 aromatic rings. The van der Waals surface area contributed by atoms with Gasteiger partial charge in [0.1, 0.15) is 0 Å². The van der Waals surface area contributed by atoms with Crippen molar-refractivity contribution in [1.29, 1.82) is 0 Å². The maximum Gasteiger partial charge on any atom is 0.297 e. The summed E-state index contributed by atoms with van der Waals surface area (Å²) >= 11 is 3.37. The Hall–Kier alpha value is -1.73. The van der Waals surface area contributed by atoms with Gasteiger partial charge in [0, 0.05) is 4.47 Å². The molecule has 1 aromatic heterocycles. The molecule has 1 unspecified atom stereocenters. The molecule has 2 heterocycles.